The second kappa shape index (κ2) is 16.5. The number of halogens is 1. The number of methoxy groups -OCH3 is 1. The highest BCUT2D eigenvalue weighted by Gasteiger charge is 2.20. The zero-order valence-corrected chi connectivity index (χ0v) is 26.9. The van der Waals surface area contributed by atoms with Crippen LogP contribution in [0, 0.1) is 0 Å². The summed E-state index contributed by atoms with van der Waals surface area (Å²) >= 11 is 3.55. The Morgan fingerprint density at radius 2 is 1.85 bits per heavy atom. The standard InChI is InChI=1S/C32H29ClN8O6S/c1-46-32(43)35-25-11-7-22(8-12-25)26-19-29(38-37-27(26)15-16-47-48(44)45)28(17-21-5-3-2-4-6-21)36-31(42)14-9-23-18-24(33)10-13-30(23)41-20-34-39-40-41/h2-14,18-20,28H,15-17H2,1H3,(H,35,43)(H,36,42)(H,44,45)/p-1/b14-9+. The highest BCUT2D eigenvalue weighted by molar-refractivity contribution is 7.74. The van der Waals surface area contributed by atoms with Crippen LogP contribution >= 0.6 is 11.6 Å². The van der Waals surface area contributed by atoms with Crippen molar-refractivity contribution in [3.05, 3.63) is 119 Å². The van der Waals surface area contributed by atoms with Crippen LogP contribution in [0.3, 0.4) is 0 Å². The number of hydrogen-bond donors (Lipinski definition) is 2. The van der Waals surface area contributed by atoms with E-state index in [-0.39, 0.29) is 13.0 Å². The lowest BCUT2D eigenvalue weighted by atomic mass is 9.97. The van der Waals surface area contributed by atoms with E-state index in [1.54, 1.807) is 54.6 Å². The highest BCUT2D eigenvalue weighted by atomic mass is 35.5. The van der Waals surface area contributed by atoms with Gasteiger partial charge in [-0.25, -0.2) is 9.00 Å². The van der Waals surface area contributed by atoms with Gasteiger partial charge in [0.25, 0.3) is 0 Å². The largest absolute Gasteiger partial charge is 0.750 e. The van der Waals surface area contributed by atoms with E-state index < -0.39 is 29.4 Å². The fourth-order valence-corrected chi connectivity index (χ4v) is 5.15. The average molecular weight is 688 g/mol. The van der Waals surface area contributed by atoms with Crippen LogP contribution in [0.25, 0.3) is 22.9 Å². The second-order valence-corrected chi connectivity index (χ2v) is 11.2. The SMILES string of the molecule is COC(=O)Nc1ccc(-c2cc(C(Cc3ccccc3)NC(=O)/C=C/c3cc(Cl)ccc3-n3cnnn3)nnc2CCOS(=O)[O-])cc1. The molecule has 0 radical (unpaired) electrons. The molecule has 2 aromatic heterocycles. The number of hydrogen-bond acceptors (Lipinski definition) is 11. The van der Waals surface area contributed by atoms with Gasteiger partial charge in [0, 0.05) is 34.3 Å². The predicted octanol–water partition coefficient (Wildman–Crippen LogP) is 4.42. The zero-order valence-electron chi connectivity index (χ0n) is 25.4. The molecule has 48 heavy (non-hydrogen) atoms. The number of aromatic nitrogens is 6. The van der Waals surface area contributed by atoms with Gasteiger partial charge in [-0.15, -0.1) is 5.10 Å². The molecule has 0 fully saturated rings. The summed E-state index contributed by atoms with van der Waals surface area (Å²) in [6.45, 7) is -0.149. The van der Waals surface area contributed by atoms with Crippen LogP contribution in [0.4, 0.5) is 10.5 Å². The molecule has 5 rings (SSSR count). The van der Waals surface area contributed by atoms with Gasteiger partial charge in [0.1, 0.15) is 6.33 Å². The number of carbonyl (C=O) groups excluding carboxylic acids is 2. The molecule has 0 bridgehead atoms. The maximum absolute atomic E-state index is 13.4. The Balaban J connectivity index is 1.47. The molecule has 246 valence electrons. The molecule has 2 amide bonds. The van der Waals surface area contributed by atoms with Crippen molar-refractivity contribution in [1.29, 1.82) is 0 Å². The van der Waals surface area contributed by atoms with Crippen molar-refractivity contribution in [1.82, 2.24) is 35.7 Å². The Bertz CT molecular complexity index is 1910. The average Bonchev–Trinajstić information content (AvgIpc) is 3.63. The maximum atomic E-state index is 13.4. The van der Waals surface area contributed by atoms with Crippen LogP contribution in [0.5, 0.6) is 0 Å². The molecule has 0 aliphatic heterocycles. The number of rotatable bonds is 13. The van der Waals surface area contributed by atoms with Crippen molar-refractivity contribution in [2.24, 2.45) is 0 Å². The molecule has 2 unspecified atom stereocenters. The molecule has 0 saturated heterocycles. The molecular weight excluding hydrogens is 660 g/mol. The van der Waals surface area contributed by atoms with Gasteiger partial charge < -0.3 is 18.8 Å². The Labute approximate surface area is 282 Å². The molecule has 14 nitrogen and oxygen atoms in total. The molecule has 2 heterocycles. The van der Waals surface area contributed by atoms with Crippen LogP contribution in [-0.4, -0.2) is 64.9 Å². The molecule has 0 saturated carbocycles. The first-order valence-electron chi connectivity index (χ1n) is 14.4. The van der Waals surface area contributed by atoms with E-state index in [2.05, 4.69) is 41.1 Å². The zero-order chi connectivity index (χ0) is 33.9. The molecule has 0 aliphatic carbocycles. The van der Waals surface area contributed by atoms with E-state index in [1.807, 2.05) is 30.3 Å². The van der Waals surface area contributed by atoms with Crippen LogP contribution in [0.1, 0.15) is 28.6 Å². The number of anilines is 1. The summed E-state index contributed by atoms with van der Waals surface area (Å²) < 4.78 is 32.8. The summed E-state index contributed by atoms with van der Waals surface area (Å²) in [6, 6.07) is 22.8. The third-order valence-corrected chi connectivity index (χ3v) is 7.59. The van der Waals surface area contributed by atoms with Crippen molar-refractivity contribution >= 4 is 46.7 Å². The number of tetrazole rings is 1. The normalized spacial score (nSPS) is 12.4. The smallest absolute Gasteiger partial charge is 0.411 e. The fraction of sp³-hybridized carbons (Fsp3) is 0.156. The van der Waals surface area contributed by atoms with Gasteiger partial charge in [-0.2, -0.15) is 14.9 Å². The van der Waals surface area contributed by atoms with Crippen molar-refractivity contribution in [3.63, 3.8) is 0 Å². The van der Waals surface area contributed by atoms with Crippen molar-refractivity contribution in [2.75, 3.05) is 19.0 Å². The second-order valence-electron chi connectivity index (χ2n) is 10.1. The summed E-state index contributed by atoms with van der Waals surface area (Å²) in [4.78, 5) is 25.1. The van der Waals surface area contributed by atoms with Crippen LogP contribution in [0.2, 0.25) is 5.02 Å². The van der Waals surface area contributed by atoms with E-state index in [9.17, 15) is 18.4 Å². The monoisotopic (exact) mass is 687 g/mol. The number of carbonyl (C=O) groups is 2. The quantitative estimate of drug-likeness (QED) is 0.132. The van der Waals surface area contributed by atoms with E-state index in [0.29, 0.717) is 50.9 Å². The predicted molar refractivity (Wildman–Crippen MR) is 176 cm³/mol. The third kappa shape index (κ3) is 9.36. The molecule has 0 aliphatic rings. The van der Waals surface area contributed by atoms with Crippen molar-refractivity contribution in [3.8, 4) is 16.8 Å². The Morgan fingerprint density at radius 1 is 1.06 bits per heavy atom. The topological polar surface area (TPSA) is 186 Å². The Hall–Kier alpha value is -5.35. The van der Waals surface area contributed by atoms with Gasteiger partial charge in [-0.3, -0.25) is 10.1 Å². The van der Waals surface area contributed by atoms with E-state index in [1.165, 1.54) is 24.2 Å². The van der Waals surface area contributed by atoms with Gasteiger partial charge in [0.05, 0.1) is 48.2 Å². The molecule has 2 N–H and O–H groups in total. The van der Waals surface area contributed by atoms with Crippen molar-refractivity contribution in [2.45, 2.75) is 18.9 Å². The Morgan fingerprint density at radius 3 is 2.56 bits per heavy atom. The minimum atomic E-state index is -2.69. The van der Waals surface area contributed by atoms with Crippen LogP contribution < -0.4 is 10.6 Å². The van der Waals surface area contributed by atoms with Gasteiger partial charge in [-0.1, -0.05) is 54.1 Å². The maximum Gasteiger partial charge on any atom is 0.411 e. The fourth-order valence-electron chi connectivity index (χ4n) is 4.75. The van der Waals surface area contributed by atoms with Crippen molar-refractivity contribution < 1.29 is 27.3 Å². The summed E-state index contributed by atoms with van der Waals surface area (Å²) in [5.74, 6) is -0.407. The van der Waals surface area contributed by atoms with Gasteiger partial charge in [0.2, 0.25) is 5.91 Å². The first-order chi connectivity index (χ1) is 23.3. The number of ether oxygens (including phenoxy) is 1. The van der Waals surface area contributed by atoms with Gasteiger partial charge in [-0.05, 0) is 70.4 Å². The molecule has 2 atom stereocenters. The van der Waals surface area contributed by atoms with E-state index in [4.69, 9.17) is 15.8 Å². The molecular formula is C32H28ClN8O6S-. The van der Waals surface area contributed by atoms with Crippen LogP contribution in [0.15, 0.2) is 91.3 Å². The molecule has 3 aromatic carbocycles. The number of nitrogens with zero attached hydrogens (tertiary/aromatic N) is 6. The summed E-state index contributed by atoms with van der Waals surface area (Å²) in [6.07, 6.45) is 4.35. The first kappa shape index (κ1) is 34.0. The van der Waals surface area contributed by atoms with Gasteiger partial charge in [0.15, 0.2) is 0 Å². The number of benzene rings is 3. The number of nitrogens with one attached hydrogen (secondary N) is 2. The summed E-state index contributed by atoms with van der Waals surface area (Å²) in [5, 5.41) is 26.3. The minimum Gasteiger partial charge on any atom is -0.750 e. The lowest BCUT2D eigenvalue weighted by Gasteiger charge is -2.19. The molecule has 5 aromatic rings. The third-order valence-electron chi connectivity index (χ3n) is 6.99. The molecule has 16 heteroatoms. The lowest BCUT2D eigenvalue weighted by molar-refractivity contribution is -0.117. The first-order valence-corrected chi connectivity index (χ1v) is 15.8. The summed E-state index contributed by atoms with van der Waals surface area (Å²) in [7, 11) is 1.27. The van der Waals surface area contributed by atoms with E-state index >= 15 is 0 Å². The van der Waals surface area contributed by atoms with E-state index in [0.717, 1.165) is 5.56 Å². The van der Waals surface area contributed by atoms with Gasteiger partial charge >= 0.3 is 6.09 Å². The minimum absolute atomic E-state index is 0.139. The Kier molecular flexibility index (Phi) is 11.7. The number of amides is 2. The summed E-state index contributed by atoms with van der Waals surface area (Å²) in [5.41, 5.74) is 4.96. The lowest BCUT2D eigenvalue weighted by Crippen LogP contribution is -2.29. The highest BCUT2D eigenvalue weighted by Crippen LogP contribution is 2.28. The molecule has 0 spiro atoms. The van der Waals surface area contributed by atoms with Crippen LogP contribution in [-0.2, 0) is 37.9 Å².